The molecule has 3 aromatic carbocycles. The Morgan fingerprint density at radius 2 is 1.75 bits per heavy atom. The molecular formula is C29H27NO6. The first-order valence-corrected chi connectivity index (χ1v) is 11.8. The number of amides is 1. The fourth-order valence-electron chi connectivity index (χ4n) is 4.92. The second-order valence-electron chi connectivity index (χ2n) is 8.98. The van der Waals surface area contributed by atoms with Crippen molar-refractivity contribution in [3.05, 3.63) is 94.6 Å². The number of hydrogen-bond donors (Lipinski definition) is 1. The monoisotopic (exact) mass is 485 g/mol. The third kappa shape index (κ3) is 4.06. The Morgan fingerprint density at radius 1 is 1.00 bits per heavy atom. The topological polar surface area (TPSA) is 85.3 Å². The number of nitrogens with zero attached hydrogens (tertiary/aromatic N) is 1. The SMILES string of the molecule is COc1ccc(C2C(=C(O)c3ccc4c(c3)CC(C)O4)C(=O)C(=O)N2Cc2ccccc2)cc1OC. The van der Waals surface area contributed by atoms with Crippen molar-refractivity contribution in [1.82, 2.24) is 4.90 Å². The first-order valence-electron chi connectivity index (χ1n) is 11.8. The predicted molar refractivity (Wildman–Crippen MR) is 134 cm³/mol. The highest BCUT2D eigenvalue weighted by Gasteiger charge is 2.46. The molecule has 2 atom stereocenters. The molecule has 2 unspecified atom stereocenters. The standard InChI is InChI=1S/C29H27NO6/c1-17-13-21-14-20(10-11-22(21)36-17)27(31)25-26(19-9-12-23(34-2)24(15-19)35-3)30(29(33)28(25)32)16-18-7-5-4-6-8-18/h4-12,14-15,17,26,31H,13,16H2,1-3H3. The van der Waals surface area contributed by atoms with Gasteiger partial charge in [0.25, 0.3) is 11.7 Å². The Labute approximate surface area is 209 Å². The first-order chi connectivity index (χ1) is 17.4. The molecule has 7 heteroatoms. The van der Waals surface area contributed by atoms with E-state index < -0.39 is 17.7 Å². The molecule has 1 fully saturated rings. The average Bonchev–Trinajstić information content (AvgIpc) is 3.39. The highest BCUT2D eigenvalue weighted by atomic mass is 16.5. The van der Waals surface area contributed by atoms with Crippen molar-refractivity contribution in [3.8, 4) is 17.2 Å². The number of carbonyl (C=O) groups is 2. The molecule has 1 amide bonds. The van der Waals surface area contributed by atoms with Crippen LogP contribution in [0.4, 0.5) is 0 Å². The molecule has 7 nitrogen and oxygen atoms in total. The summed E-state index contributed by atoms with van der Waals surface area (Å²) in [6.45, 7) is 2.18. The van der Waals surface area contributed by atoms with Gasteiger partial charge in [0.05, 0.1) is 25.8 Å². The van der Waals surface area contributed by atoms with Gasteiger partial charge in [-0.3, -0.25) is 9.59 Å². The van der Waals surface area contributed by atoms with Crippen molar-refractivity contribution in [2.24, 2.45) is 0 Å². The number of rotatable bonds is 6. The minimum atomic E-state index is -0.812. The van der Waals surface area contributed by atoms with Gasteiger partial charge in [-0.05, 0) is 53.9 Å². The molecule has 5 rings (SSSR count). The zero-order valence-electron chi connectivity index (χ0n) is 20.4. The lowest BCUT2D eigenvalue weighted by Crippen LogP contribution is -2.29. The Hall–Kier alpha value is -4.26. The van der Waals surface area contributed by atoms with Crippen molar-refractivity contribution in [1.29, 1.82) is 0 Å². The second kappa shape index (κ2) is 9.41. The lowest BCUT2D eigenvalue weighted by atomic mass is 9.94. The van der Waals surface area contributed by atoms with Gasteiger partial charge in [-0.2, -0.15) is 0 Å². The Balaban J connectivity index is 1.65. The lowest BCUT2D eigenvalue weighted by Gasteiger charge is -2.26. The fourth-order valence-corrected chi connectivity index (χ4v) is 4.92. The number of fused-ring (bicyclic) bond motifs is 1. The van der Waals surface area contributed by atoms with Gasteiger partial charge in [0.15, 0.2) is 11.5 Å². The maximum Gasteiger partial charge on any atom is 0.295 e. The van der Waals surface area contributed by atoms with Gasteiger partial charge < -0.3 is 24.2 Å². The summed E-state index contributed by atoms with van der Waals surface area (Å²) >= 11 is 0. The Morgan fingerprint density at radius 3 is 2.47 bits per heavy atom. The molecule has 2 aliphatic rings. The van der Waals surface area contributed by atoms with Crippen molar-refractivity contribution in [2.45, 2.75) is 32.0 Å². The molecule has 0 bridgehead atoms. The van der Waals surface area contributed by atoms with Crippen molar-refractivity contribution in [2.75, 3.05) is 14.2 Å². The summed E-state index contributed by atoms with van der Waals surface area (Å²) in [6.07, 6.45) is 0.748. The molecule has 0 spiro atoms. The van der Waals surface area contributed by atoms with Gasteiger partial charge in [-0.25, -0.2) is 0 Å². The highest BCUT2D eigenvalue weighted by molar-refractivity contribution is 6.46. The van der Waals surface area contributed by atoms with Gasteiger partial charge in [0.2, 0.25) is 0 Å². The van der Waals surface area contributed by atoms with Crippen LogP contribution in [-0.2, 0) is 22.6 Å². The molecule has 36 heavy (non-hydrogen) atoms. The van der Waals surface area contributed by atoms with Crippen LogP contribution >= 0.6 is 0 Å². The van der Waals surface area contributed by atoms with Crippen LogP contribution in [0.3, 0.4) is 0 Å². The van der Waals surface area contributed by atoms with Crippen LogP contribution in [0, 0.1) is 0 Å². The number of benzene rings is 3. The van der Waals surface area contributed by atoms with Gasteiger partial charge >= 0.3 is 0 Å². The second-order valence-corrected chi connectivity index (χ2v) is 8.98. The highest BCUT2D eigenvalue weighted by Crippen LogP contribution is 2.43. The van der Waals surface area contributed by atoms with E-state index in [1.54, 1.807) is 30.3 Å². The molecule has 1 saturated heterocycles. The smallest absolute Gasteiger partial charge is 0.295 e. The van der Waals surface area contributed by atoms with Crippen LogP contribution in [0.5, 0.6) is 17.2 Å². The number of methoxy groups -OCH3 is 2. The maximum atomic E-state index is 13.4. The normalized spacial score (nSPS) is 20.2. The number of hydrogen-bond acceptors (Lipinski definition) is 6. The minimum Gasteiger partial charge on any atom is -0.507 e. The summed E-state index contributed by atoms with van der Waals surface area (Å²) in [5, 5.41) is 11.4. The summed E-state index contributed by atoms with van der Waals surface area (Å²) in [5.74, 6) is 0.135. The number of Topliss-reactive ketones (excluding diaryl/α,β-unsaturated/α-hetero) is 1. The molecule has 2 aliphatic heterocycles. The summed E-state index contributed by atoms with van der Waals surface area (Å²) in [4.78, 5) is 28.2. The molecule has 2 heterocycles. The number of aliphatic hydroxyl groups excluding tert-OH is 1. The van der Waals surface area contributed by atoms with Crippen LogP contribution < -0.4 is 14.2 Å². The fraction of sp³-hybridized carbons (Fsp3) is 0.241. The van der Waals surface area contributed by atoms with Crippen LogP contribution in [0.1, 0.15) is 35.2 Å². The van der Waals surface area contributed by atoms with E-state index in [1.165, 1.54) is 19.1 Å². The summed E-state index contributed by atoms with van der Waals surface area (Å²) in [6, 6.07) is 19.2. The molecule has 0 aliphatic carbocycles. The van der Waals surface area contributed by atoms with E-state index in [1.807, 2.05) is 43.3 Å². The van der Waals surface area contributed by atoms with Crippen molar-refractivity contribution < 1.29 is 28.9 Å². The number of carbonyl (C=O) groups excluding carboxylic acids is 2. The van der Waals surface area contributed by atoms with E-state index in [0.29, 0.717) is 29.0 Å². The Bertz CT molecular complexity index is 1360. The molecule has 0 saturated carbocycles. The van der Waals surface area contributed by atoms with Gasteiger partial charge in [-0.15, -0.1) is 0 Å². The van der Waals surface area contributed by atoms with Gasteiger partial charge in [-0.1, -0.05) is 36.4 Å². The zero-order chi connectivity index (χ0) is 25.4. The van der Waals surface area contributed by atoms with E-state index in [4.69, 9.17) is 14.2 Å². The number of ketones is 1. The quantitative estimate of drug-likeness (QED) is 0.311. The zero-order valence-corrected chi connectivity index (χ0v) is 20.4. The predicted octanol–water partition coefficient (Wildman–Crippen LogP) is 4.65. The lowest BCUT2D eigenvalue weighted by molar-refractivity contribution is -0.140. The summed E-state index contributed by atoms with van der Waals surface area (Å²) in [5.41, 5.74) is 2.95. The van der Waals surface area contributed by atoms with Crippen molar-refractivity contribution in [3.63, 3.8) is 0 Å². The van der Waals surface area contributed by atoms with E-state index in [9.17, 15) is 14.7 Å². The van der Waals surface area contributed by atoms with Crippen LogP contribution in [0.2, 0.25) is 0 Å². The Kier molecular flexibility index (Phi) is 6.14. The maximum absolute atomic E-state index is 13.4. The largest absolute Gasteiger partial charge is 0.507 e. The van der Waals surface area contributed by atoms with E-state index in [0.717, 1.165) is 16.9 Å². The summed E-state index contributed by atoms with van der Waals surface area (Å²) < 4.78 is 16.6. The number of ether oxygens (including phenoxy) is 3. The average molecular weight is 486 g/mol. The van der Waals surface area contributed by atoms with E-state index in [-0.39, 0.29) is 24.0 Å². The third-order valence-corrected chi connectivity index (χ3v) is 6.63. The number of likely N-dealkylation sites (tertiary alicyclic amines) is 1. The van der Waals surface area contributed by atoms with E-state index in [2.05, 4.69) is 0 Å². The molecule has 3 aromatic rings. The van der Waals surface area contributed by atoms with Crippen molar-refractivity contribution >= 4 is 17.4 Å². The first kappa shape index (κ1) is 23.5. The van der Waals surface area contributed by atoms with Gasteiger partial charge in [0, 0.05) is 18.5 Å². The van der Waals surface area contributed by atoms with Crippen LogP contribution in [-0.4, -0.2) is 42.0 Å². The van der Waals surface area contributed by atoms with Crippen LogP contribution in [0.15, 0.2) is 72.3 Å². The molecular weight excluding hydrogens is 458 g/mol. The summed E-state index contributed by atoms with van der Waals surface area (Å²) in [7, 11) is 3.06. The van der Waals surface area contributed by atoms with Gasteiger partial charge in [0.1, 0.15) is 17.6 Å². The molecule has 184 valence electrons. The molecule has 1 N–H and O–H groups in total. The van der Waals surface area contributed by atoms with E-state index >= 15 is 0 Å². The minimum absolute atomic E-state index is 0.0371. The third-order valence-electron chi connectivity index (χ3n) is 6.63. The molecule has 0 aromatic heterocycles. The molecule has 0 radical (unpaired) electrons. The van der Waals surface area contributed by atoms with Crippen LogP contribution in [0.25, 0.3) is 5.76 Å². The number of aliphatic hydroxyl groups is 1.